The molecule has 6 rings (SSSR count). The first-order valence-corrected chi connectivity index (χ1v) is 16.2. The van der Waals surface area contributed by atoms with E-state index in [4.69, 9.17) is 23.2 Å². The van der Waals surface area contributed by atoms with E-state index in [1.807, 2.05) is 24.3 Å². The minimum atomic E-state index is -4.25. The van der Waals surface area contributed by atoms with Gasteiger partial charge in [0, 0.05) is 23.9 Å². The maximum absolute atomic E-state index is 13.7. The molecule has 0 aliphatic heterocycles. The van der Waals surface area contributed by atoms with E-state index >= 15 is 0 Å². The van der Waals surface area contributed by atoms with Crippen LogP contribution in [-0.2, 0) is 16.4 Å². The molecule has 0 saturated heterocycles. The van der Waals surface area contributed by atoms with Crippen LogP contribution in [0.2, 0.25) is 10.0 Å². The van der Waals surface area contributed by atoms with Crippen molar-refractivity contribution in [2.45, 2.75) is 11.3 Å². The number of halogens is 2. The van der Waals surface area contributed by atoms with Gasteiger partial charge >= 0.3 is 0 Å². The van der Waals surface area contributed by atoms with Crippen LogP contribution in [0, 0.1) is 0 Å². The number of nitrogens with one attached hydrogen (secondary N) is 2. The van der Waals surface area contributed by atoms with Crippen LogP contribution < -0.4 is 15.7 Å². The van der Waals surface area contributed by atoms with E-state index < -0.39 is 15.6 Å². The number of aliphatic imine (C=N–C) groups is 1. The Bertz CT molecular complexity index is 2250. The molecule has 0 atom stereocenters. The maximum Gasteiger partial charge on any atom is 0.280 e. The van der Waals surface area contributed by atoms with E-state index in [1.165, 1.54) is 30.5 Å². The van der Waals surface area contributed by atoms with Gasteiger partial charge in [-0.3, -0.25) is 9.79 Å². The van der Waals surface area contributed by atoms with Gasteiger partial charge in [0.25, 0.3) is 15.6 Å². The molecule has 0 bridgehead atoms. The van der Waals surface area contributed by atoms with Crippen LogP contribution in [0.25, 0.3) is 10.9 Å². The highest BCUT2D eigenvalue weighted by Gasteiger charge is 2.20. The Balaban J connectivity index is 1.34. The predicted octanol–water partition coefficient (Wildman–Crippen LogP) is 7.43. The zero-order chi connectivity index (χ0) is 32.3. The van der Waals surface area contributed by atoms with Crippen molar-refractivity contribution in [3.05, 3.63) is 153 Å². The molecule has 230 valence electrons. The molecule has 0 spiro atoms. The summed E-state index contributed by atoms with van der Waals surface area (Å²) in [6.45, 7) is 0. The lowest BCUT2D eigenvalue weighted by Crippen LogP contribution is -2.36. The number of aromatic nitrogens is 2. The molecule has 0 radical (unpaired) electrons. The standard InChI is InChI=1S/C34H25Cl2N5O4S/c35-27-11-7-12-28(36)33(27)39-29-13-4-1-8-22(29)20-32-38-30-14-5-3-10-26(30)34(43)41(32)40-46(44,45)25-18-16-24(17-19-25)37-21-23-9-2-6-15-31(23)42/h1-19,21,39-40,42H,20H2. The number of hydrogen-bond acceptors (Lipinski definition) is 7. The van der Waals surface area contributed by atoms with Gasteiger partial charge in [-0.2, -0.15) is 13.1 Å². The molecule has 3 N–H and O–H groups in total. The summed E-state index contributed by atoms with van der Waals surface area (Å²) in [6, 6.07) is 31.7. The zero-order valence-electron chi connectivity index (χ0n) is 23.9. The fourth-order valence-electron chi connectivity index (χ4n) is 4.74. The van der Waals surface area contributed by atoms with Gasteiger partial charge in [-0.1, -0.05) is 71.7 Å². The highest BCUT2D eigenvalue weighted by Crippen LogP contribution is 2.34. The first-order valence-electron chi connectivity index (χ1n) is 13.9. The van der Waals surface area contributed by atoms with E-state index in [1.54, 1.807) is 66.7 Å². The molecule has 5 aromatic carbocycles. The third kappa shape index (κ3) is 6.59. The van der Waals surface area contributed by atoms with Gasteiger partial charge in [-0.15, -0.1) is 0 Å². The smallest absolute Gasteiger partial charge is 0.280 e. The number of nitrogens with zero attached hydrogens (tertiary/aromatic N) is 3. The van der Waals surface area contributed by atoms with E-state index in [-0.39, 0.29) is 28.3 Å². The molecular formula is C34H25Cl2N5O4S. The summed E-state index contributed by atoms with van der Waals surface area (Å²) < 4.78 is 28.2. The molecule has 0 amide bonds. The number of sulfonamides is 1. The van der Waals surface area contributed by atoms with Gasteiger partial charge in [-0.25, -0.2) is 9.82 Å². The molecule has 6 aromatic rings. The lowest BCUT2D eigenvalue weighted by Gasteiger charge is -2.18. The fourth-order valence-corrected chi connectivity index (χ4v) is 6.26. The van der Waals surface area contributed by atoms with Gasteiger partial charge < -0.3 is 10.4 Å². The number of phenolic OH excluding ortho intramolecular Hbond substituents is 1. The molecule has 0 saturated carbocycles. The quantitative estimate of drug-likeness (QED) is 0.138. The van der Waals surface area contributed by atoms with Crippen LogP contribution in [0.3, 0.4) is 0 Å². The molecule has 0 unspecified atom stereocenters. The number of para-hydroxylation sites is 4. The first-order chi connectivity index (χ1) is 22.2. The molecule has 46 heavy (non-hydrogen) atoms. The molecule has 0 fully saturated rings. The van der Waals surface area contributed by atoms with Crippen molar-refractivity contribution in [2.75, 3.05) is 10.1 Å². The van der Waals surface area contributed by atoms with Crippen molar-refractivity contribution in [3.63, 3.8) is 0 Å². The monoisotopic (exact) mass is 669 g/mol. The fraction of sp³-hybridized carbons (Fsp3) is 0.0294. The first kappa shape index (κ1) is 30.8. The highest BCUT2D eigenvalue weighted by molar-refractivity contribution is 7.92. The van der Waals surface area contributed by atoms with E-state index in [2.05, 4.69) is 20.1 Å². The SMILES string of the molecule is O=c1c2ccccc2nc(Cc2ccccc2Nc2c(Cl)cccc2Cl)n1NS(=O)(=O)c1ccc(N=Cc2ccccc2O)cc1. The number of rotatable bonds is 9. The Morgan fingerprint density at radius 1 is 0.826 bits per heavy atom. The van der Waals surface area contributed by atoms with Gasteiger partial charge in [0.1, 0.15) is 11.6 Å². The zero-order valence-corrected chi connectivity index (χ0v) is 26.3. The Hall–Kier alpha value is -5.16. The third-order valence-corrected chi connectivity index (χ3v) is 9.03. The largest absolute Gasteiger partial charge is 0.507 e. The minimum absolute atomic E-state index is 0.0750. The number of aromatic hydroxyl groups is 1. The van der Waals surface area contributed by atoms with Crippen LogP contribution >= 0.6 is 23.2 Å². The third-order valence-electron chi connectivity index (χ3n) is 7.08. The molecule has 9 nitrogen and oxygen atoms in total. The molecule has 1 aromatic heterocycles. The summed E-state index contributed by atoms with van der Waals surface area (Å²) >= 11 is 12.8. The maximum atomic E-state index is 13.7. The van der Waals surface area contributed by atoms with Gasteiger partial charge in [0.05, 0.1) is 37.2 Å². The van der Waals surface area contributed by atoms with Crippen molar-refractivity contribution in [1.29, 1.82) is 0 Å². The molecule has 1 heterocycles. The minimum Gasteiger partial charge on any atom is -0.507 e. The normalized spacial score (nSPS) is 11.6. The summed E-state index contributed by atoms with van der Waals surface area (Å²) in [4.78, 5) is 25.1. The van der Waals surface area contributed by atoms with Crippen LogP contribution in [0.4, 0.5) is 17.1 Å². The lowest BCUT2D eigenvalue weighted by molar-refractivity contribution is 0.474. The summed E-state index contributed by atoms with van der Waals surface area (Å²) in [7, 11) is -4.25. The van der Waals surface area contributed by atoms with Gasteiger partial charge in [0.2, 0.25) is 0 Å². The van der Waals surface area contributed by atoms with Crippen molar-refractivity contribution >= 4 is 67.4 Å². The lowest BCUT2D eigenvalue weighted by atomic mass is 10.1. The van der Waals surface area contributed by atoms with Crippen molar-refractivity contribution in [2.24, 2.45) is 4.99 Å². The van der Waals surface area contributed by atoms with E-state index in [0.717, 1.165) is 4.68 Å². The van der Waals surface area contributed by atoms with Gasteiger partial charge in [-0.05, 0) is 72.3 Å². The number of benzene rings is 5. The Kier molecular flexibility index (Phi) is 8.76. The summed E-state index contributed by atoms with van der Waals surface area (Å²) in [5.74, 6) is 0.238. The van der Waals surface area contributed by atoms with Crippen molar-refractivity contribution in [3.8, 4) is 5.75 Å². The number of hydrogen-bond donors (Lipinski definition) is 3. The molecular weight excluding hydrogens is 645 g/mol. The van der Waals surface area contributed by atoms with Crippen LogP contribution in [0.15, 0.2) is 130 Å². The van der Waals surface area contributed by atoms with Crippen LogP contribution in [0.1, 0.15) is 17.0 Å². The van der Waals surface area contributed by atoms with Gasteiger partial charge in [0.15, 0.2) is 0 Å². The Labute approximate surface area is 274 Å². The number of anilines is 2. The summed E-state index contributed by atoms with van der Waals surface area (Å²) in [5.41, 5.74) is 2.70. The molecule has 0 aliphatic rings. The predicted molar refractivity (Wildman–Crippen MR) is 183 cm³/mol. The van der Waals surface area contributed by atoms with Crippen molar-refractivity contribution < 1.29 is 13.5 Å². The Morgan fingerprint density at radius 2 is 1.50 bits per heavy atom. The highest BCUT2D eigenvalue weighted by atomic mass is 35.5. The summed E-state index contributed by atoms with van der Waals surface area (Å²) in [5, 5.41) is 14.3. The second kappa shape index (κ2) is 13.1. The van der Waals surface area contributed by atoms with Crippen LogP contribution in [0.5, 0.6) is 5.75 Å². The summed E-state index contributed by atoms with van der Waals surface area (Å²) in [6.07, 6.45) is 1.56. The Morgan fingerprint density at radius 3 is 2.26 bits per heavy atom. The topological polar surface area (TPSA) is 126 Å². The van der Waals surface area contributed by atoms with E-state index in [0.29, 0.717) is 43.8 Å². The second-order valence-corrected chi connectivity index (χ2v) is 12.6. The molecule has 0 aliphatic carbocycles. The van der Waals surface area contributed by atoms with Crippen LogP contribution in [-0.4, -0.2) is 29.4 Å². The average molecular weight is 671 g/mol. The number of fused-ring (bicyclic) bond motifs is 1. The van der Waals surface area contributed by atoms with E-state index in [9.17, 15) is 18.3 Å². The van der Waals surface area contributed by atoms with Crippen molar-refractivity contribution in [1.82, 2.24) is 9.66 Å². The number of phenols is 1. The second-order valence-electron chi connectivity index (χ2n) is 10.1. The average Bonchev–Trinajstić information content (AvgIpc) is 3.05. The molecule has 12 heteroatoms.